The Morgan fingerprint density at radius 1 is 1.40 bits per heavy atom. The van der Waals surface area contributed by atoms with Crippen molar-refractivity contribution in [3.8, 4) is 0 Å². The molecule has 0 nitrogen and oxygen atoms in total. The van der Waals surface area contributed by atoms with E-state index >= 15 is 0 Å². The van der Waals surface area contributed by atoms with Gasteiger partial charge < -0.3 is 0 Å². The molecule has 1 saturated carbocycles. The zero-order chi connectivity index (χ0) is 6.97. The molecule has 0 aliphatic heterocycles. The third-order valence-electron chi connectivity index (χ3n) is 1.82. The standard InChI is InChI=1S/C9H8Br/c10-9-3-1-2-8(6-9)7-4-5-7/h2-3,6-7H,4-5H2. The highest BCUT2D eigenvalue weighted by Gasteiger charge is 2.22. The summed E-state index contributed by atoms with van der Waals surface area (Å²) in [5.41, 5.74) is 1.44. The fourth-order valence-electron chi connectivity index (χ4n) is 1.11. The van der Waals surface area contributed by atoms with Gasteiger partial charge in [0.05, 0.1) is 0 Å². The molecule has 0 bridgehead atoms. The maximum atomic E-state index is 3.43. The molecule has 1 aromatic rings. The summed E-state index contributed by atoms with van der Waals surface area (Å²) in [6, 6.07) is 9.33. The molecule has 1 radical (unpaired) electrons. The molecule has 51 valence electrons. The van der Waals surface area contributed by atoms with Crippen molar-refractivity contribution in [3.63, 3.8) is 0 Å². The summed E-state index contributed by atoms with van der Waals surface area (Å²) in [7, 11) is 0. The van der Waals surface area contributed by atoms with Crippen LogP contribution in [0.2, 0.25) is 0 Å². The molecule has 0 amide bonds. The molecule has 10 heavy (non-hydrogen) atoms. The Kier molecular flexibility index (Phi) is 1.53. The molecule has 1 aliphatic rings. The lowest BCUT2D eigenvalue weighted by atomic mass is 10.1. The van der Waals surface area contributed by atoms with Crippen molar-refractivity contribution < 1.29 is 0 Å². The Hall–Kier alpha value is -0.300. The molecule has 1 heteroatoms. The van der Waals surface area contributed by atoms with Gasteiger partial charge in [-0.1, -0.05) is 22.0 Å². The molecule has 0 unspecified atom stereocenters. The third-order valence-corrected chi connectivity index (χ3v) is 2.28. The van der Waals surface area contributed by atoms with Crippen LogP contribution < -0.4 is 0 Å². The van der Waals surface area contributed by atoms with E-state index in [9.17, 15) is 0 Å². The fourth-order valence-corrected chi connectivity index (χ4v) is 1.51. The second-order valence-electron chi connectivity index (χ2n) is 2.76. The first-order valence-corrected chi connectivity index (χ1v) is 4.32. The zero-order valence-electron chi connectivity index (χ0n) is 5.60. The molecular formula is C9H8Br. The molecule has 0 heterocycles. The Balaban J connectivity index is 2.32. The summed E-state index contributed by atoms with van der Waals surface area (Å²) in [4.78, 5) is 0. The lowest BCUT2D eigenvalue weighted by molar-refractivity contribution is 1.13. The van der Waals surface area contributed by atoms with E-state index < -0.39 is 0 Å². The summed E-state index contributed by atoms with van der Waals surface area (Å²) in [5, 5.41) is 0. The van der Waals surface area contributed by atoms with Crippen molar-refractivity contribution in [2.24, 2.45) is 0 Å². The number of rotatable bonds is 1. The van der Waals surface area contributed by atoms with Gasteiger partial charge in [-0.2, -0.15) is 0 Å². The summed E-state index contributed by atoms with van der Waals surface area (Å²) in [6.45, 7) is 0. The number of benzene rings is 1. The Morgan fingerprint density at radius 3 is 2.80 bits per heavy atom. The van der Waals surface area contributed by atoms with Crippen LogP contribution in [0.1, 0.15) is 24.3 Å². The van der Waals surface area contributed by atoms with Gasteiger partial charge in [0.25, 0.3) is 0 Å². The lowest BCUT2D eigenvalue weighted by Gasteiger charge is -1.95. The molecule has 0 saturated heterocycles. The Morgan fingerprint density at radius 2 is 2.20 bits per heavy atom. The van der Waals surface area contributed by atoms with Crippen LogP contribution in [-0.2, 0) is 0 Å². The minimum absolute atomic E-state index is 0.841. The van der Waals surface area contributed by atoms with E-state index in [1.807, 2.05) is 6.07 Å². The third kappa shape index (κ3) is 1.24. The van der Waals surface area contributed by atoms with Crippen LogP contribution in [0.15, 0.2) is 22.7 Å². The predicted octanol–water partition coefficient (Wildman–Crippen LogP) is 3.13. The van der Waals surface area contributed by atoms with E-state index in [1.54, 1.807) is 0 Å². The van der Waals surface area contributed by atoms with E-state index in [-0.39, 0.29) is 0 Å². The second kappa shape index (κ2) is 2.39. The van der Waals surface area contributed by atoms with Crippen LogP contribution in [0, 0.1) is 6.07 Å². The SMILES string of the molecule is Brc1c[c]cc(C2CC2)c1. The van der Waals surface area contributed by atoms with Gasteiger partial charge in [-0.05, 0) is 42.5 Å². The number of hydrogen-bond donors (Lipinski definition) is 0. The van der Waals surface area contributed by atoms with E-state index in [1.165, 1.54) is 18.4 Å². The van der Waals surface area contributed by atoms with E-state index in [4.69, 9.17) is 0 Å². The summed E-state index contributed by atoms with van der Waals surface area (Å²) in [6.07, 6.45) is 2.73. The first kappa shape index (κ1) is 6.41. The van der Waals surface area contributed by atoms with Crippen LogP contribution in [0.4, 0.5) is 0 Å². The van der Waals surface area contributed by atoms with Gasteiger partial charge in [-0.3, -0.25) is 0 Å². The second-order valence-corrected chi connectivity index (χ2v) is 3.67. The van der Waals surface area contributed by atoms with Crippen LogP contribution in [-0.4, -0.2) is 0 Å². The first-order chi connectivity index (χ1) is 4.86. The van der Waals surface area contributed by atoms with Crippen molar-refractivity contribution >= 4 is 15.9 Å². The minimum atomic E-state index is 0.841. The van der Waals surface area contributed by atoms with Crippen molar-refractivity contribution in [1.82, 2.24) is 0 Å². The maximum Gasteiger partial charge on any atom is 0.0184 e. The molecule has 2 rings (SSSR count). The molecule has 1 fully saturated rings. The van der Waals surface area contributed by atoms with Gasteiger partial charge in [-0.25, -0.2) is 0 Å². The van der Waals surface area contributed by atoms with E-state index in [0.29, 0.717) is 0 Å². The Labute approximate surface area is 69.4 Å². The van der Waals surface area contributed by atoms with Crippen molar-refractivity contribution in [3.05, 3.63) is 34.3 Å². The highest BCUT2D eigenvalue weighted by atomic mass is 79.9. The van der Waals surface area contributed by atoms with Gasteiger partial charge in [0.1, 0.15) is 0 Å². The topological polar surface area (TPSA) is 0 Å². The van der Waals surface area contributed by atoms with Gasteiger partial charge >= 0.3 is 0 Å². The lowest BCUT2D eigenvalue weighted by Crippen LogP contribution is -1.76. The normalized spacial score (nSPS) is 17.3. The average molecular weight is 196 g/mol. The molecule has 0 N–H and O–H groups in total. The smallest absolute Gasteiger partial charge is 0.0184 e. The molecule has 0 aromatic heterocycles. The largest absolute Gasteiger partial charge is 0.0508 e. The maximum absolute atomic E-state index is 3.43. The number of halogens is 1. The average Bonchev–Trinajstić information content (AvgIpc) is 2.68. The summed E-state index contributed by atoms with van der Waals surface area (Å²) >= 11 is 3.43. The van der Waals surface area contributed by atoms with Crippen molar-refractivity contribution in [2.75, 3.05) is 0 Å². The Bertz CT molecular complexity index is 238. The van der Waals surface area contributed by atoms with Gasteiger partial charge in [0, 0.05) is 4.47 Å². The molecule has 1 aromatic carbocycles. The van der Waals surface area contributed by atoms with Crippen LogP contribution >= 0.6 is 15.9 Å². The monoisotopic (exact) mass is 195 g/mol. The van der Waals surface area contributed by atoms with Crippen molar-refractivity contribution in [2.45, 2.75) is 18.8 Å². The summed E-state index contributed by atoms with van der Waals surface area (Å²) < 4.78 is 1.15. The molecule has 0 spiro atoms. The molecule has 1 aliphatic carbocycles. The predicted molar refractivity (Wildman–Crippen MR) is 45.0 cm³/mol. The minimum Gasteiger partial charge on any atom is -0.0508 e. The quantitative estimate of drug-likeness (QED) is 0.647. The van der Waals surface area contributed by atoms with E-state index in [2.05, 4.69) is 34.1 Å². The van der Waals surface area contributed by atoms with Gasteiger partial charge in [0.15, 0.2) is 0 Å². The molecule has 0 atom stereocenters. The zero-order valence-corrected chi connectivity index (χ0v) is 7.19. The summed E-state index contributed by atoms with van der Waals surface area (Å²) in [5.74, 6) is 0.841. The van der Waals surface area contributed by atoms with Crippen LogP contribution in [0.25, 0.3) is 0 Å². The first-order valence-electron chi connectivity index (χ1n) is 3.53. The van der Waals surface area contributed by atoms with Gasteiger partial charge in [0.2, 0.25) is 0 Å². The van der Waals surface area contributed by atoms with Crippen LogP contribution in [0.5, 0.6) is 0 Å². The van der Waals surface area contributed by atoms with Crippen LogP contribution in [0.3, 0.4) is 0 Å². The van der Waals surface area contributed by atoms with Crippen molar-refractivity contribution in [1.29, 1.82) is 0 Å². The molecular weight excluding hydrogens is 188 g/mol. The fraction of sp³-hybridized carbons (Fsp3) is 0.333. The highest BCUT2D eigenvalue weighted by molar-refractivity contribution is 9.10. The van der Waals surface area contributed by atoms with Gasteiger partial charge in [-0.15, -0.1) is 0 Å². The van der Waals surface area contributed by atoms with E-state index in [0.717, 1.165) is 10.4 Å². The highest BCUT2D eigenvalue weighted by Crippen LogP contribution is 2.40. The number of hydrogen-bond acceptors (Lipinski definition) is 0.